The largest absolute Gasteiger partial charge is 0.477 e. The van der Waals surface area contributed by atoms with E-state index in [1.807, 2.05) is 4.98 Å². The SMILES string of the molecule is CNCc1[nH]c(=O)[nH]c(=O)c1C(=O)O. The third-order valence-corrected chi connectivity index (χ3v) is 1.59. The first-order valence-corrected chi connectivity index (χ1v) is 3.79. The van der Waals surface area contributed by atoms with Crippen molar-refractivity contribution in [3.05, 3.63) is 32.1 Å². The third-order valence-electron chi connectivity index (χ3n) is 1.59. The molecule has 0 aromatic carbocycles. The van der Waals surface area contributed by atoms with E-state index >= 15 is 0 Å². The number of aromatic amines is 2. The molecule has 1 aromatic rings. The topological polar surface area (TPSA) is 115 Å². The van der Waals surface area contributed by atoms with Gasteiger partial charge in [0.25, 0.3) is 5.56 Å². The molecule has 0 aliphatic heterocycles. The van der Waals surface area contributed by atoms with Crippen LogP contribution < -0.4 is 16.6 Å². The van der Waals surface area contributed by atoms with Crippen molar-refractivity contribution >= 4 is 5.97 Å². The lowest BCUT2D eigenvalue weighted by molar-refractivity contribution is 0.0693. The molecule has 0 aliphatic rings. The average molecular weight is 199 g/mol. The molecule has 7 nitrogen and oxygen atoms in total. The van der Waals surface area contributed by atoms with Gasteiger partial charge in [-0.15, -0.1) is 0 Å². The number of aromatic nitrogens is 2. The van der Waals surface area contributed by atoms with Crippen LogP contribution in [0.1, 0.15) is 16.1 Å². The number of aromatic carboxylic acids is 1. The predicted molar refractivity (Wildman–Crippen MR) is 47.4 cm³/mol. The Bertz CT molecular complexity index is 459. The first kappa shape index (κ1) is 10.2. The molecular formula is C7H9N3O4. The summed E-state index contributed by atoms with van der Waals surface area (Å²) in [7, 11) is 1.57. The van der Waals surface area contributed by atoms with Gasteiger partial charge in [0.05, 0.1) is 5.69 Å². The van der Waals surface area contributed by atoms with Gasteiger partial charge in [-0.1, -0.05) is 0 Å². The normalized spacial score (nSPS) is 10.1. The fourth-order valence-electron chi connectivity index (χ4n) is 1.07. The number of nitrogens with one attached hydrogen (secondary N) is 3. The molecule has 0 amide bonds. The lowest BCUT2D eigenvalue weighted by Gasteiger charge is -2.02. The first-order valence-electron chi connectivity index (χ1n) is 3.79. The highest BCUT2D eigenvalue weighted by Gasteiger charge is 2.15. The van der Waals surface area contributed by atoms with Gasteiger partial charge in [0.1, 0.15) is 5.56 Å². The van der Waals surface area contributed by atoms with Crippen molar-refractivity contribution in [1.82, 2.24) is 15.3 Å². The minimum absolute atomic E-state index is 0.0637. The van der Waals surface area contributed by atoms with Crippen molar-refractivity contribution in [2.75, 3.05) is 7.05 Å². The van der Waals surface area contributed by atoms with Gasteiger partial charge in [0.15, 0.2) is 0 Å². The van der Waals surface area contributed by atoms with Crippen molar-refractivity contribution in [2.24, 2.45) is 0 Å². The van der Waals surface area contributed by atoms with Gasteiger partial charge >= 0.3 is 11.7 Å². The van der Waals surface area contributed by atoms with Crippen molar-refractivity contribution in [3.8, 4) is 0 Å². The summed E-state index contributed by atoms with van der Waals surface area (Å²) in [6.07, 6.45) is 0. The van der Waals surface area contributed by atoms with Crippen LogP contribution >= 0.6 is 0 Å². The van der Waals surface area contributed by atoms with Crippen LogP contribution in [0, 0.1) is 0 Å². The molecule has 0 unspecified atom stereocenters. The van der Waals surface area contributed by atoms with Gasteiger partial charge in [-0.3, -0.25) is 9.78 Å². The zero-order valence-electron chi connectivity index (χ0n) is 7.38. The van der Waals surface area contributed by atoms with Gasteiger partial charge in [-0.2, -0.15) is 0 Å². The first-order chi connectivity index (χ1) is 6.56. The molecule has 0 fully saturated rings. The summed E-state index contributed by atoms with van der Waals surface area (Å²) >= 11 is 0. The van der Waals surface area contributed by atoms with Crippen molar-refractivity contribution in [2.45, 2.75) is 6.54 Å². The Hall–Kier alpha value is -1.89. The number of hydrogen-bond acceptors (Lipinski definition) is 4. The van der Waals surface area contributed by atoms with E-state index in [1.54, 1.807) is 7.05 Å². The maximum absolute atomic E-state index is 11.1. The molecule has 1 aromatic heterocycles. The molecule has 0 saturated carbocycles. The second-order valence-corrected chi connectivity index (χ2v) is 2.60. The lowest BCUT2D eigenvalue weighted by Crippen LogP contribution is -2.31. The monoisotopic (exact) mass is 199 g/mol. The summed E-state index contributed by atoms with van der Waals surface area (Å²) in [5, 5.41) is 11.3. The fourth-order valence-corrected chi connectivity index (χ4v) is 1.07. The number of hydrogen-bond donors (Lipinski definition) is 4. The molecule has 1 heterocycles. The molecule has 4 N–H and O–H groups in total. The van der Waals surface area contributed by atoms with Gasteiger partial charge in [-0.05, 0) is 7.05 Å². The lowest BCUT2D eigenvalue weighted by atomic mass is 10.2. The van der Waals surface area contributed by atoms with E-state index in [1.165, 1.54) is 0 Å². The minimum atomic E-state index is -1.37. The second-order valence-electron chi connectivity index (χ2n) is 2.60. The molecule has 0 bridgehead atoms. The molecule has 0 spiro atoms. The van der Waals surface area contributed by atoms with Crippen LogP contribution in [0.25, 0.3) is 0 Å². The fraction of sp³-hybridized carbons (Fsp3) is 0.286. The van der Waals surface area contributed by atoms with Gasteiger partial charge in [0, 0.05) is 6.54 Å². The summed E-state index contributed by atoms with van der Waals surface area (Å²) in [4.78, 5) is 36.7. The molecule has 1 rings (SSSR count). The van der Waals surface area contributed by atoms with E-state index in [4.69, 9.17) is 5.11 Å². The smallest absolute Gasteiger partial charge is 0.343 e. The Labute approximate surface area is 77.8 Å². The summed E-state index contributed by atoms with van der Waals surface area (Å²) < 4.78 is 0. The van der Waals surface area contributed by atoms with E-state index in [0.717, 1.165) is 0 Å². The predicted octanol–water partition coefficient (Wildman–Crippen LogP) is -1.52. The quantitative estimate of drug-likeness (QED) is 0.472. The Kier molecular flexibility index (Phi) is 2.82. The molecule has 7 heteroatoms. The number of carboxylic acid groups (broad SMARTS) is 1. The van der Waals surface area contributed by atoms with E-state index in [2.05, 4.69) is 10.3 Å². The summed E-state index contributed by atoms with van der Waals surface area (Å²) in [6, 6.07) is 0. The van der Waals surface area contributed by atoms with Gasteiger partial charge in [-0.25, -0.2) is 9.59 Å². The molecule has 76 valence electrons. The zero-order chi connectivity index (χ0) is 10.7. The Morgan fingerprint density at radius 3 is 2.57 bits per heavy atom. The summed E-state index contributed by atoms with van der Waals surface area (Å²) in [6.45, 7) is 0.112. The number of carboxylic acids is 1. The number of carbonyl (C=O) groups is 1. The van der Waals surface area contributed by atoms with Crippen LogP contribution in [-0.2, 0) is 6.54 Å². The second kappa shape index (κ2) is 3.88. The summed E-state index contributed by atoms with van der Waals surface area (Å²) in [5.74, 6) is -1.37. The third kappa shape index (κ3) is 1.88. The van der Waals surface area contributed by atoms with Crippen LogP contribution in [0.15, 0.2) is 9.59 Å². The van der Waals surface area contributed by atoms with E-state index in [9.17, 15) is 14.4 Å². The Balaban J connectivity index is 3.44. The van der Waals surface area contributed by atoms with Crippen LogP contribution in [0.4, 0.5) is 0 Å². The Morgan fingerprint density at radius 2 is 2.07 bits per heavy atom. The van der Waals surface area contributed by atoms with Crippen molar-refractivity contribution in [3.63, 3.8) is 0 Å². The van der Waals surface area contributed by atoms with Crippen molar-refractivity contribution < 1.29 is 9.90 Å². The maximum atomic E-state index is 11.1. The van der Waals surface area contributed by atoms with Crippen LogP contribution in [0.3, 0.4) is 0 Å². The van der Waals surface area contributed by atoms with E-state index in [-0.39, 0.29) is 12.2 Å². The average Bonchev–Trinajstić information content (AvgIpc) is 2.01. The standard InChI is InChI=1S/C7H9N3O4/c1-8-2-3-4(6(12)13)5(11)10-7(14)9-3/h8H,2H2,1H3,(H,12,13)(H2,9,10,11,14). The van der Waals surface area contributed by atoms with Crippen LogP contribution in [-0.4, -0.2) is 28.1 Å². The van der Waals surface area contributed by atoms with Crippen molar-refractivity contribution in [1.29, 1.82) is 0 Å². The van der Waals surface area contributed by atoms with Gasteiger partial charge < -0.3 is 15.4 Å². The molecule has 0 atom stereocenters. The number of H-pyrrole nitrogens is 2. The highest BCUT2D eigenvalue weighted by molar-refractivity contribution is 5.88. The van der Waals surface area contributed by atoms with E-state index < -0.39 is 22.8 Å². The van der Waals surface area contributed by atoms with E-state index in [0.29, 0.717) is 0 Å². The highest BCUT2D eigenvalue weighted by atomic mass is 16.4. The molecule has 0 radical (unpaired) electrons. The maximum Gasteiger partial charge on any atom is 0.343 e. The Morgan fingerprint density at radius 1 is 1.43 bits per heavy atom. The number of rotatable bonds is 3. The van der Waals surface area contributed by atoms with Crippen LogP contribution in [0.5, 0.6) is 0 Å². The summed E-state index contributed by atoms with van der Waals surface area (Å²) in [5.41, 5.74) is -2.00. The zero-order valence-corrected chi connectivity index (χ0v) is 7.38. The van der Waals surface area contributed by atoms with Crippen LogP contribution in [0.2, 0.25) is 0 Å². The minimum Gasteiger partial charge on any atom is -0.477 e. The molecular weight excluding hydrogens is 190 g/mol. The molecule has 14 heavy (non-hydrogen) atoms. The molecule has 0 aliphatic carbocycles. The molecule has 0 saturated heterocycles. The van der Waals surface area contributed by atoms with Gasteiger partial charge in [0.2, 0.25) is 0 Å². The highest BCUT2D eigenvalue weighted by Crippen LogP contribution is 1.96.